The number of Topliss-reactive ketones (excluding diaryl/α,β-unsaturated/α-hetero) is 1. The van der Waals surface area contributed by atoms with Gasteiger partial charge in [0.1, 0.15) is 0 Å². The Morgan fingerprint density at radius 2 is 1.58 bits per heavy atom. The van der Waals surface area contributed by atoms with Crippen LogP contribution in [-0.2, 0) is 25.8 Å². The SMILES string of the molecule is CCc1ccc(C(=O)COC(=O)CCS(=O)(=O)c2ccc(C)cc2)cc1. The molecule has 0 unspecified atom stereocenters. The summed E-state index contributed by atoms with van der Waals surface area (Å²) in [5.74, 6) is -1.38. The molecule has 0 aromatic heterocycles. The number of esters is 1. The highest BCUT2D eigenvalue weighted by atomic mass is 32.2. The van der Waals surface area contributed by atoms with E-state index >= 15 is 0 Å². The first kappa shape index (κ1) is 19.8. The third kappa shape index (κ3) is 5.52. The largest absolute Gasteiger partial charge is 0.457 e. The summed E-state index contributed by atoms with van der Waals surface area (Å²) in [6, 6.07) is 13.5. The minimum Gasteiger partial charge on any atom is -0.457 e. The predicted octanol–water partition coefficient (Wildman–Crippen LogP) is 3.15. The van der Waals surface area contributed by atoms with Gasteiger partial charge in [-0.25, -0.2) is 8.42 Å². The van der Waals surface area contributed by atoms with Crippen molar-refractivity contribution in [1.82, 2.24) is 0 Å². The number of carbonyl (C=O) groups excluding carboxylic acids is 2. The van der Waals surface area contributed by atoms with Crippen LogP contribution in [0.1, 0.15) is 34.8 Å². The number of aryl methyl sites for hydroxylation is 2. The van der Waals surface area contributed by atoms with Gasteiger partial charge in [-0.3, -0.25) is 9.59 Å². The molecule has 2 aromatic rings. The normalized spacial score (nSPS) is 11.2. The maximum absolute atomic E-state index is 12.2. The molecule has 5 nitrogen and oxygen atoms in total. The van der Waals surface area contributed by atoms with Crippen LogP contribution in [0.25, 0.3) is 0 Å². The fourth-order valence-electron chi connectivity index (χ4n) is 2.31. The highest BCUT2D eigenvalue weighted by molar-refractivity contribution is 7.91. The van der Waals surface area contributed by atoms with Crippen LogP contribution in [0.2, 0.25) is 0 Å². The van der Waals surface area contributed by atoms with E-state index in [2.05, 4.69) is 0 Å². The van der Waals surface area contributed by atoms with E-state index in [-0.39, 0.29) is 22.9 Å². The molecule has 0 aliphatic rings. The first-order valence-corrected chi connectivity index (χ1v) is 10.0. The van der Waals surface area contributed by atoms with E-state index in [1.807, 2.05) is 26.0 Å². The van der Waals surface area contributed by atoms with Crippen molar-refractivity contribution in [2.24, 2.45) is 0 Å². The first-order valence-electron chi connectivity index (χ1n) is 8.39. The van der Waals surface area contributed by atoms with Crippen LogP contribution in [0.5, 0.6) is 0 Å². The van der Waals surface area contributed by atoms with Crippen LogP contribution < -0.4 is 0 Å². The molecule has 2 rings (SSSR count). The van der Waals surface area contributed by atoms with Gasteiger partial charge >= 0.3 is 5.97 Å². The molecular weight excluding hydrogens is 352 g/mol. The number of hydrogen-bond donors (Lipinski definition) is 0. The topological polar surface area (TPSA) is 77.5 Å². The third-order valence-corrected chi connectivity index (χ3v) is 5.74. The number of ether oxygens (including phenoxy) is 1. The average molecular weight is 374 g/mol. The molecule has 0 heterocycles. The van der Waals surface area contributed by atoms with Crippen molar-refractivity contribution >= 4 is 21.6 Å². The number of carbonyl (C=O) groups is 2. The van der Waals surface area contributed by atoms with Crippen molar-refractivity contribution in [2.45, 2.75) is 31.6 Å². The summed E-state index contributed by atoms with van der Waals surface area (Å²) in [7, 11) is -3.56. The number of sulfone groups is 1. The van der Waals surface area contributed by atoms with E-state index in [0.29, 0.717) is 5.56 Å². The van der Waals surface area contributed by atoms with Crippen molar-refractivity contribution in [1.29, 1.82) is 0 Å². The summed E-state index contributed by atoms with van der Waals surface area (Å²) in [6.07, 6.45) is 0.581. The van der Waals surface area contributed by atoms with Gasteiger partial charge in [-0.15, -0.1) is 0 Å². The summed E-state index contributed by atoms with van der Waals surface area (Å²) >= 11 is 0. The minimum absolute atomic E-state index is 0.169. The molecule has 0 amide bonds. The molecule has 0 spiro atoms. The van der Waals surface area contributed by atoms with Gasteiger partial charge in [-0.2, -0.15) is 0 Å². The van der Waals surface area contributed by atoms with Gasteiger partial charge < -0.3 is 4.74 Å². The van der Waals surface area contributed by atoms with E-state index in [1.165, 1.54) is 12.1 Å². The van der Waals surface area contributed by atoms with E-state index in [4.69, 9.17) is 4.74 Å². The van der Waals surface area contributed by atoms with E-state index in [0.717, 1.165) is 17.5 Å². The van der Waals surface area contributed by atoms with Crippen LogP contribution in [0.4, 0.5) is 0 Å². The Balaban J connectivity index is 1.84. The lowest BCUT2D eigenvalue weighted by molar-refractivity contribution is -0.142. The number of benzene rings is 2. The molecule has 0 atom stereocenters. The quantitative estimate of drug-likeness (QED) is 0.524. The van der Waals surface area contributed by atoms with Crippen molar-refractivity contribution in [3.05, 3.63) is 65.2 Å². The summed E-state index contributed by atoms with van der Waals surface area (Å²) in [6.45, 7) is 3.48. The van der Waals surface area contributed by atoms with Gasteiger partial charge in [-0.05, 0) is 31.0 Å². The Hall–Kier alpha value is -2.47. The van der Waals surface area contributed by atoms with Gasteiger partial charge in [0, 0.05) is 5.56 Å². The van der Waals surface area contributed by atoms with E-state index < -0.39 is 22.4 Å². The van der Waals surface area contributed by atoms with E-state index in [1.54, 1.807) is 24.3 Å². The monoisotopic (exact) mass is 374 g/mol. The fraction of sp³-hybridized carbons (Fsp3) is 0.300. The second kappa shape index (κ2) is 8.76. The molecule has 0 fully saturated rings. The van der Waals surface area contributed by atoms with Crippen LogP contribution >= 0.6 is 0 Å². The summed E-state index contributed by atoms with van der Waals surface area (Å²) in [5.41, 5.74) is 2.52. The molecule has 0 N–H and O–H groups in total. The lowest BCUT2D eigenvalue weighted by Gasteiger charge is -2.06. The summed E-state index contributed by atoms with van der Waals surface area (Å²) in [4.78, 5) is 23.9. The molecule has 6 heteroatoms. The zero-order valence-electron chi connectivity index (χ0n) is 14.9. The number of ketones is 1. The van der Waals surface area contributed by atoms with Gasteiger partial charge in [-0.1, -0.05) is 48.9 Å². The molecule has 0 saturated heterocycles. The Bertz CT molecular complexity index is 865. The zero-order chi connectivity index (χ0) is 19.2. The van der Waals surface area contributed by atoms with Crippen LogP contribution in [-0.4, -0.2) is 32.5 Å². The Labute approximate surface area is 153 Å². The van der Waals surface area contributed by atoms with Gasteiger partial charge in [0.25, 0.3) is 0 Å². The first-order chi connectivity index (χ1) is 12.3. The Morgan fingerprint density at radius 3 is 2.15 bits per heavy atom. The standard InChI is InChI=1S/C20H22O5S/c1-3-16-6-8-17(9-7-16)19(21)14-25-20(22)12-13-26(23,24)18-10-4-15(2)5-11-18/h4-11H,3,12-14H2,1-2H3. The fourth-order valence-corrected chi connectivity index (χ4v) is 3.53. The van der Waals surface area contributed by atoms with Crippen molar-refractivity contribution in [3.63, 3.8) is 0 Å². The second-order valence-electron chi connectivity index (χ2n) is 6.02. The Kier molecular flexibility index (Phi) is 6.69. The number of rotatable bonds is 8. The average Bonchev–Trinajstić information content (AvgIpc) is 2.65. The van der Waals surface area contributed by atoms with Crippen molar-refractivity contribution < 1.29 is 22.7 Å². The Morgan fingerprint density at radius 1 is 0.962 bits per heavy atom. The van der Waals surface area contributed by atoms with Crippen molar-refractivity contribution in [3.8, 4) is 0 Å². The smallest absolute Gasteiger partial charge is 0.307 e. The molecule has 138 valence electrons. The van der Waals surface area contributed by atoms with Crippen molar-refractivity contribution in [2.75, 3.05) is 12.4 Å². The summed E-state index contributed by atoms with van der Waals surface area (Å²) < 4.78 is 29.3. The van der Waals surface area contributed by atoms with Gasteiger partial charge in [0.2, 0.25) is 0 Å². The molecular formula is C20H22O5S. The maximum Gasteiger partial charge on any atom is 0.307 e. The van der Waals surface area contributed by atoms with Crippen LogP contribution in [0.15, 0.2) is 53.4 Å². The maximum atomic E-state index is 12.2. The third-order valence-electron chi connectivity index (χ3n) is 4.00. The molecule has 0 radical (unpaired) electrons. The molecule has 0 aliphatic heterocycles. The molecule has 26 heavy (non-hydrogen) atoms. The second-order valence-corrected chi connectivity index (χ2v) is 8.13. The minimum atomic E-state index is -3.56. The van der Waals surface area contributed by atoms with Crippen LogP contribution in [0, 0.1) is 6.92 Å². The van der Waals surface area contributed by atoms with Crippen LogP contribution in [0.3, 0.4) is 0 Å². The molecule has 0 aliphatic carbocycles. The van der Waals surface area contributed by atoms with Gasteiger partial charge in [0.05, 0.1) is 17.1 Å². The highest BCUT2D eigenvalue weighted by Crippen LogP contribution is 2.13. The van der Waals surface area contributed by atoms with Gasteiger partial charge in [0.15, 0.2) is 22.2 Å². The lowest BCUT2D eigenvalue weighted by Crippen LogP contribution is -2.17. The van der Waals surface area contributed by atoms with E-state index in [9.17, 15) is 18.0 Å². The number of hydrogen-bond acceptors (Lipinski definition) is 5. The predicted molar refractivity (Wildman–Crippen MR) is 99.0 cm³/mol. The molecule has 2 aromatic carbocycles. The molecule has 0 bridgehead atoms. The lowest BCUT2D eigenvalue weighted by atomic mass is 10.1. The highest BCUT2D eigenvalue weighted by Gasteiger charge is 2.18. The zero-order valence-corrected chi connectivity index (χ0v) is 15.7. The summed E-state index contributed by atoms with van der Waals surface area (Å²) in [5, 5.41) is 0. The molecule has 0 saturated carbocycles.